The van der Waals surface area contributed by atoms with E-state index in [1.54, 1.807) is 29.5 Å². The fraction of sp³-hybridized carbons (Fsp3) is 0.111. The van der Waals surface area contributed by atoms with Crippen LogP contribution in [0.1, 0.15) is 4.88 Å². The highest BCUT2D eigenvalue weighted by Crippen LogP contribution is 2.27. The average molecular weight is 193 g/mol. The molecule has 0 saturated heterocycles. The van der Waals surface area contributed by atoms with E-state index in [-0.39, 0.29) is 10.6 Å². The van der Waals surface area contributed by atoms with Gasteiger partial charge in [0.2, 0.25) is 0 Å². The van der Waals surface area contributed by atoms with Crippen LogP contribution in [0, 0.1) is 17.0 Å². The van der Waals surface area contributed by atoms with Crippen LogP contribution in [0.3, 0.4) is 0 Å². The second-order valence-electron chi connectivity index (χ2n) is 2.82. The standard InChI is InChI=1S/C9H7NO2S/c1-6-9-3-2-8(10(11)12)4-7(9)5-13-6/h2-5H,1H3. The summed E-state index contributed by atoms with van der Waals surface area (Å²) in [5.41, 5.74) is 0.158. The van der Waals surface area contributed by atoms with Gasteiger partial charge in [-0.05, 0) is 29.1 Å². The van der Waals surface area contributed by atoms with Gasteiger partial charge in [-0.1, -0.05) is 0 Å². The Morgan fingerprint density at radius 2 is 2.23 bits per heavy atom. The molecule has 4 heteroatoms. The minimum atomic E-state index is -0.369. The van der Waals surface area contributed by atoms with Crippen molar-refractivity contribution in [3.05, 3.63) is 38.6 Å². The van der Waals surface area contributed by atoms with Gasteiger partial charge in [0.05, 0.1) is 4.92 Å². The number of non-ortho nitro benzene ring substituents is 1. The van der Waals surface area contributed by atoms with Gasteiger partial charge in [0.25, 0.3) is 5.69 Å². The van der Waals surface area contributed by atoms with Crippen LogP contribution in [-0.2, 0) is 0 Å². The maximum Gasteiger partial charge on any atom is 0.270 e. The molecule has 1 aromatic carbocycles. The molecule has 3 nitrogen and oxygen atoms in total. The number of nitro groups is 1. The van der Waals surface area contributed by atoms with Crippen molar-refractivity contribution >= 4 is 27.8 Å². The van der Waals surface area contributed by atoms with Gasteiger partial charge in [-0.15, -0.1) is 11.3 Å². The van der Waals surface area contributed by atoms with Crippen molar-refractivity contribution in [1.82, 2.24) is 0 Å². The number of nitrogens with zero attached hydrogens (tertiary/aromatic N) is 1. The van der Waals surface area contributed by atoms with E-state index in [0.717, 1.165) is 10.8 Å². The molecule has 0 saturated carbocycles. The predicted octanol–water partition coefficient (Wildman–Crippen LogP) is 3.12. The summed E-state index contributed by atoms with van der Waals surface area (Å²) in [4.78, 5) is 11.3. The monoisotopic (exact) mass is 193 g/mol. The van der Waals surface area contributed by atoms with Crippen LogP contribution >= 0.6 is 11.3 Å². The zero-order chi connectivity index (χ0) is 9.42. The minimum Gasteiger partial charge on any atom is -0.258 e. The van der Waals surface area contributed by atoms with Gasteiger partial charge < -0.3 is 0 Å². The molecule has 13 heavy (non-hydrogen) atoms. The Bertz CT molecular complexity index is 475. The summed E-state index contributed by atoms with van der Waals surface area (Å²) in [5.74, 6) is 0. The Morgan fingerprint density at radius 3 is 2.92 bits per heavy atom. The summed E-state index contributed by atoms with van der Waals surface area (Å²) in [6.45, 7) is 2.01. The lowest BCUT2D eigenvalue weighted by Crippen LogP contribution is -1.86. The Balaban J connectivity index is 2.70. The number of rotatable bonds is 1. The minimum absolute atomic E-state index is 0.158. The molecule has 2 aromatic rings. The number of nitro benzene ring substituents is 1. The summed E-state index contributed by atoms with van der Waals surface area (Å²) in [6.07, 6.45) is 0. The van der Waals surface area contributed by atoms with E-state index in [1.807, 2.05) is 12.3 Å². The van der Waals surface area contributed by atoms with Crippen molar-refractivity contribution in [2.24, 2.45) is 0 Å². The predicted molar refractivity (Wildman–Crippen MR) is 53.2 cm³/mol. The molecule has 0 fully saturated rings. The van der Waals surface area contributed by atoms with Crippen LogP contribution in [0.25, 0.3) is 10.8 Å². The first-order valence-corrected chi connectivity index (χ1v) is 4.68. The largest absolute Gasteiger partial charge is 0.270 e. The molecule has 0 N–H and O–H groups in total. The Kier molecular flexibility index (Phi) is 1.77. The van der Waals surface area contributed by atoms with E-state index in [1.165, 1.54) is 4.88 Å². The van der Waals surface area contributed by atoms with Crippen molar-refractivity contribution < 1.29 is 4.92 Å². The molecule has 1 heterocycles. The molecule has 1 aromatic heterocycles. The van der Waals surface area contributed by atoms with Crippen molar-refractivity contribution in [2.75, 3.05) is 0 Å². The molecule has 0 aliphatic heterocycles. The van der Waals surface area contributed by atoms with Crippen molar-refractivity contribution in [3.63, 3.8) is 0 Å². The van der Waals surface area contributed by atoms with Crippen molar-refractivity contribution in [1.29, 1.82) is 0 Å². The van der Waals surface area contributed by atoms with E-state index < -0.39 is 0 Å². The van der Waals surface area contributed by atoms with Gasteiger partial charge >= 0.3 is 0 Å². The quantitative estimate of drug-likeness (QED) is 0.516. The summed E-state index contributed by atoms with van der Waals surface area (Å²) >= 11 is 1.62. The Hall–Kier alpha value is -1.42. The lowest BCUT2D eigenvalue weighted by Gasteiger charge is -1.92. The zero-order valence-electron chi connectivity index (χ0n) is 6.98. The molecule has 66 valence electrons. The van der Waals surface area contributed by atoms with Gasteiger partial charge in [-0.2, -0.15) is 0 Å². The first-order chi connectivity index (χ1) is 6.18. The first-order valence-electron chi connectivity index (χ1n) is 3.81. The van der Waals surface area contributed by atoms with Gasteiger partial charge in [-0.25, -0.2) is 0 Å². The number of benzene rings is 1. The molecule has 0 spiro atoms. The van der Waals surface area contributed by atoms with E-state index >= 15 is 0 Å². The summed E-state index contributed by atoms with van der Waals surface area (Å²) in [7, 11) is 0. The van der Waals surface area contributed by atoms with Crippen molar-refractivity contribution in [3.8, 4) is 0 Å². The highest BCUT2D eigenvalue weighted by molar-refractivity contribution is 7.11. The summed E-state index contributed by atoms with van der Waals surface area (Å²) in [5, 5.41) is 14.5. The third-order valence-corrected chi connectivity index (χ3v) is 2.93. The number of fused-ring (bicyclic) bond motifs is 1. The van der Waals surface area contributed by atoms with E-state index in [9.17, 15) is 10.1 Å². The number of hydrogen-bond donors (Lipinski definition) is 0. The number of thiophene rings is 1. The number of aryl methyl sites for hydroxylation is 1. The van der Waals surface area contributed by atoms with E-state index in [2.05, 4.69) is 0 Å². The van der Waals surface area contributed by atoms with Crippen molar-refractivity contribution in [2.45, 2.75) is 6.92 Å². The highest BCUT2D eigenvalue weighted by Gasteiger charge is 2.07. The molecule has 0 atom stereocenters. The van der Waals surface area contributed by atoms with Crippen LogP contribution in [0.2, 0.25) is 0 Å². The smallest absolute Gasteiger partial charge is 0.258 e. The molecule has 0 radical (unpaired) electrons. The zero-order valence-corrected chi connectivity index (χ0v) is 7.80. The third kappa shape index (κ3) is 1.29. The first kappa shape index (κ1) is 8.19. The second kappa shape index (κ2) is 2.81. The topological polar surface area (TPSA) is 43.1 Å². The normalized spacial score (nSPS) is 10.5. The van der Waals surface area contributed by atoms with Crippen LogP contribution in [0.15, 0.2) is 23.6 Å². The molecular formula is C9H7NO2S. The maximum atomic E-state index is 10.5. The SMILES string of the molecule is Cc1scc2cc([N+](=O)[O-])ccc12. The molecular weight excluding hydrogens is 186 g/mol. The average Bonchev–Trinajstić information content (AvgIpc) is 2.47. The van der Waals surface area contributed by atoms with Gasteiger partial charge in [0.1, 0.15) is 0 Å². The van der Waals surface area contributed by atoms with Crippen LogP contribution in [0.4, 0.5) is 5.69 Å². The lowest BCUT2D eigenvalue weighted by molar-refractivity contribution is -0.384. The second-order valence-corrected chi connectivity index (χ2v) is 3.90. The summed E-state index contributed by atoms with van der Waals surface area (Å²) in [6, 6.07) is 4.96. The molecule has 2 rings (SSSR count). The molecule has 0 bridgehead atoms. The van der Waals surface area contributed by atoms with Gasteiger partial charge in [-0.3, -0.25) is 10.1 Å². The van der Waals surface area contributed by atoms with Crippen LogP contribution < -0.4 is 0 Å². The van der Waals surface area contributed by atoms with E-state index in [0.29, 0.717) is 0 Å². The highest BCUT2D eigenvalue weighted by atomic mass is 32.1. The summed E-state index contributed by atoms with van der Waals surface area (Å²) < 4.78 is 0. The van der Waals surface area contributed by atoms with Crippen LogP contribution in [-0.4, -0.2) is 4.92 Å². The lowest BCUT2D eigenvalue weighted by atomic mass is 10.2. The Morgan fingerprint density at radius 1 is 1.46 bits per heavy atom. The third-order valence-electron chi connectivity index (χ3n) is 1.99. The molecule has 0 amide bonds. The fourth-order valence-corrected chi connectivity index (χ4v) is 2.11. The molecule has 0 unspecified atom stereocenters. The van der Waals surface area contributed by atoms with Gasteiger partial charge in [0.15, 0.2) is 0 Å². The fourth-order valence-electron chi connectivity index (χ4n) is 1.30. The van der Waals surface area contributed by atoms with Crippen LogP contribution in [0.5, 0.6) is 0 Å². The molecule has 0 aliphatic rings. The van der Waals surface area contributed by atoms with E-state index in [4.69, 9.17) is 0 Å². The Labute approximate surface area is 78.8 Å². The number of hydrogen-bond acceptors (Lipinski definition) is 3. The van der Waals surface area contributed by atoms with Gasteiger partial charge in [0, 0.05) is 17.0 Å². The molecule has 0 aliphatic carbocycles. The maximum absolute atomic E-state index is 10.5.